The van der Waals surface area contributed by atoms with Crippen molar-refractivity contribution in [3.63, 3.8) is 0 Å². The fourth-order valence-electron chi connectivity index (χ4n) is 1.50. The van der Waals surface area contributed by atoms with Gasteiger partial charge in [-0.1, -0.05) is 22.6 Å². The Hall–Kier alpha value is 1.65. The second-order valence-corrected chi connectivity index (χ2v) is 25.6. The molecular formula is C9H23IPb. The van der Waals surface area contributed by atoms with E-state index >= 15 is 0 Å². The molecule has 0 aromatic rings. The van der Waals surface area contributed by atoms with Crippen molar-refractivity contribution in [1.82, 2.24) is 0 Å². The zero-order chi connectivity index (χ0) is 9.33. The fraction of sp³-hybridized carbons (Fsp3) is 1.00. The number of rotatable bonds is 4. The summed E-state index contributed by atoms with van der Waals surface area (Å²) in [5, 5.41) is 0. The van der Waals surface area contributed by atoms with Gasteiger partial charge < -0.3 is 0 Å². The van der Waals surface area contributed by atoms with Crippen LogP contribution in [0.3, 0.4) is 0 Å². The summed E-state index contributed by atoms with van der Waals surface area (Å²) in [6.07, 6.45) is 0. The first-order valence-electron chi connectivity index (χ1n) is 4.62. The van der Waals surface area contributed by atoms with Crippen LogP contribution in [0.15, 0.2) is 0 Å². The van der Waals surface area contributed by atoms with Crippen molar-refractivity contribution in [2.24, 2.45) is 0 Å². The van der Waals surface area contributed by atoms with Crippen molar-refractivity contribution in [2.45, 2.75) is 43.6 Å². The Balaban J connectivity index is 0. The summed E-state index contributed by atoms with van der Waals surface area (Å²) in [5.41, 5.74) is 0. The molecule has 0 fully saturated rings. The van der Waals surface area contributed by atoms with E-state index in [0.29, 0.717) is 0 Å². The molecule has 0 aliphatic rings. The van der Waals surface area contributed by atoms with E-state index < -0.39 is 21.2 Å². The van der Waals surface area contributed by atoms with Crippen LogP contribution in [0, 0.1) is 0 Å². The van der Waals surface area contributed by atoms with Gasteiger partial charge in [-0.15, -0.1) is 0 Å². The number of halogens is 1. The van der Waals surface area contributed by atoms with E-state index in [4.69, 9.17) is 0 Å². The van der Waals surface area contributed by atoms with Crippen molar-refractivity contribution in [1.29, 1.82) is 0 Å². The predicted octanol–water partition coefficient (Wildman–Crippen LogP) is 4.57. The van der Waals surface area contributed by atoms with Gasteiger partial charge in [0.05, 0.1) is 0 Å². The molecule has 0 aliphatic carbocycles. The van der Waals surface area contributed by atoms with Gasteiger partial charge in [-0.2, -0.15) is 0 Å². The molecule has 0 bridgehead atoms. The predicted molar refractivity (Wildman–Crippen MR) is 67.6 cm³/mol. The third-order valence-corrected chi connectivity index (χ3v) is 26.3. The Morgan fingerprint density at radius 2 is 0.909 bits per heavy atom. The molecule has 0 nitrogen and oxygen atoms in total. The topological polar surface area (TPSA) is 0 Å². The van der Waals surface area contributed by atoms with E-state index in [1.54, 1.807) is 15.9 Å². The van der Waals surface area contributed by atoms with Gasteiger partial charge in [0, 0.05) is 0 Å². The first kappa shape index (κ1) is 15.1. The standard InChI is InChI=1S/4C2H5.CH3I.Pb/c5*1-2;/h4*1H2,2H3;1H3;. The summed E-state index contributed by atoms with van der Waals surface area (Å²) in [6.45, 7) is 9.60. The second kappa shape index (κ2) is 9.74. The SMILES string of the molecule is CI.C[CH2][Pb]([CH2]C)([CH2]C)[CH2]C. The molecule has 0 saturated carbocycles. The van der Waals surface area contributed by atoms with Crippen LogP contribution in [-0.2, 0) is 0 Å². The molecule has 70 valence electrons. The molecule has 0 amide bonds. The van der Waals surface area contributed by atoms with Crippen LogP contribution in [0.2, 0.25) is 15.9 Å². The molecule has 0 atom stereocenters. The van der Waals surface area contributed by atoms with Crippen molar-refractivity contribution in [2.75, 3.05) is 4.93 Å². The molecule has 2 heteroatoms. The molecule has 0 unspecified atom stereocenters. The second-order valence-electron chi connectivity index (χ2n) is 2.91. The van der Waals surface area contributed by atoms with Crippen molar-refractivity contribution < 1.29 is 0 Å². The zero-order valence-electron chi connectivity index (χ0n) is 8.71. The Labute approximate surface area is 91.3 Å². The minimum atomic E-state index is -1.51. The van der Waals surface area contributed by atoms with E-state index in [1.807, 2.05) is 4.93 Å². The van der Waals surface area contributed by atoms with Gasteiger partial charge in [-0.25, -0.2) is 0 Å². The molecule has 0 heterocycles. The molecule has 0 N–H and O–H groups in total. The monoisotopic (exact) mass is 466 g/mol. The Morgan fingerprint density at radius 3 is 0.909 bits per heavy atom. The normalized spacial score (nSPS) is 10.4. The molecule has 11 heavy (non-hydrogen) atoms. The summed E-state index contributed by atoms with van der Waals surface area (Å²) in [4.78, 5) is 1.97. The third-order valence-electron chi connectivity index (χ3n) is 3.00. The average Bonchev–Trinajstić information content (AvgIpc) is 2.13. The number of hydrogen-bond donors (Lipinski definition) is 0. The van der Waals surface area contributed by atoms with Gasteiger partial charge >= 0.3 is 64.8 Å². The maximum absolute atomic E-state index is 2.40. The van der Waals surface area contributed by atoms with Gasteiger partial charge in [0.1, 0.15) is 0 Å². The Bertz CT molecular complexity index is 52.5. The third kappa shape index (κ3) is 5.82. The minimum absolute atomic E-state index is 1.51. The maximum atomic E-state index is 2.40. The Morgan fingerprint density at radius 1 is 0.727 bits per heavy atom. The Kier molecular flexibility index (Phi) is 13.4. The van der Waals surface area contributed by atoms with E-state index in [0.717, 1.165) is 0 Å². The van der Waals surface area contributed by atoms with E-state index in [2.05, 4.69) is 50.3 Å². The van der Waals surface area contributed by atoms with Crippen LogP contribution >= 0.6 is 22.6 Å². The molecule has 0 radical (unpaired) electrons. The van der Waals surface area contributed by atoms with Crippen molar-refractivity contribution >= 4 is 43.8 Å². The summed E-state index contributed by atoms with van der Waals surface area (Å²) >= 11 is 0.644. The van der Waals surface area contributed by atoms with Gasteiger partial charge in [-0.05, 0) is 4.93 Å². The van der Waals surface area contributed by atoms with Gasteiger partial charge in [0.2, 0.25) is 0 Å². The van der Waals surface area contributed by atoms with Crippen LogP contribution in [0.4, 0.5) is 0 Å². The van der Waals surface area contributed by atoms with Crippen LogP contribution in [0.1, 0.15) is 27.7 Å². The summed E-state index contributed by atoms with van der Waals surface area (Å²) in [5.74, 6) is 0. The van der Waals surface area contributed by atoms with Gasteiger partial charge in [0.15, 0.2) is 0 Å². The molecule has 0 saturated heterocycles. The molecule has 0 spiro atoms. The fourth-order valence-corrected chi connectivity index (χ4v) is 13.2. The van der Waals surface area contributed by atoms with Crippen LogP contribution in [0.5, 0.6) is 0 Å². The van der Waals surface area contributed by atoms with E-state index in [-0.39, 0.29) is 0 Å². The first-order valence-corrected chi connectivity index (χ1v) is 17.8. The average molecular weight is 465 g/mol. The molecule has 0 aromatic carbocycles. The van der Waals surface area contributed by atoms with Crippen molar-refractivity contribution in [3.8, 4) is 0 Å². The molecule has 0 aliphatic heterocycles. The summed E-state index contributed by atoms with van der Waals surface area (Å²) in [6, 6.07) is 0. The summed E-state index contributed by atoms with van der Waals surface area (Å²) in [7, 11) is 0. The first-order chi connectivity index (χ1) is 5.24. The van der Waals surface area contributed by atoms with Gasteiger partial charge in [-0.3, -0.25) is 0 Å². The van der Waals surface area contributed by atoms with E-state index in [9.17, 15) is 0 Å². The zero-order valence-corrected chi connectivity index (χ0v) is 14.8. The number of hydrogen-bond acceptors (Lipinski definition) is 0. The van der Waals surface area contributed by atoms with Gasteiger partial charge in [0.25, 0.3) is 0 Å². The van der Waals surface area contributed by atoms with Crippen LogP contribution in [-0.4, -0.2) is 26.1 Å². The molecular weight excluding hydrogens is 442 g/mol. The summed E-state index contributed by atoms with van der Waals surface area (Å²) < 4.78 is 6.26. The van der Waals surface area contributed by atoms with Crippen LogP contribution in [0.25, 0.3) is 0 Å². The van der Waals surface area contributed by atoms with Crippen molar-refractivity contribution in [3.05, 3.63) is 0 Å². The number of alkyl halides is 1. The molecule has 0 aromatic heterocycles. The quantitative estimate of drug-likeness (QED) is 0.324. The van der Waals surface area contributed by atoms with E-state index in [1.165, 1.54) is 0 Å². The molecule has 0 rings (SSSR count). The van der Waals surface area contributed by atoms with Crippen LogP contribution < -0.4 is 0 Å².